The minimum absolute atomic E-state index is 0.563. The fraction of sp³-hybridized carbons (Fsp3) is 0.167. The van der Waals surface area contributed by atoms with E-state index in [1.807, 2.05) is 0 Å². The van der Waals surface area contributed by atoms with Crippen LogP contribution in [0.2, 0.25) is 0 Å². The molecule has 1 rings (SSSR count). The molecular weight excluding hydrogens is 275 g/mol. The number of halogens is 5. The van der Waals surface area contributed by atoms with E-state index in [4.69, 9.17) is 0 Å². The van der Waals surface area contributed by atoms with Gasteiger partial charge in [0.1, 0.15) is 5.83 Å². The van der Waals surface area contributed by atoms with Crippen LogP contribution in [0.15, 0.2) is 22.1 Å². The topological polar surface area (TPSA) is 0 Å². The average Bonchev–Trinajstić information content (AvgIpc) is 1.86. The molecule has 5 heteroatoms. The molecule has 1 aliphatic rings. The Morgan fingerprint density at radius 1 is 1.27 bits per heavy atom. The number of rotatable bonds is 0. The highest BCUT2D eigenvalue weighted by atomic mass is 127. The quantitative estimate of drug-likeness (QED) is 0.472. The third-order valence-corrected chi connectivity index (χ3v) is 3.25. The second kappa shape index (κ2) is 3.04. The molecule has 0 aromatic carbocycles. The number of allylic oxidation sites excluding steroid dienone is 3. The molecule has 0 spiro atoms. The van der Waals surface area contributed by atoms with Crippen LogP contribution in [0.5, 0.6) is 0 Å². The summed E-state index contributed by atoms with van der Waals surface area (Å²) < 4.78 is 48.4. The van der Waals surface area contributed by atoms with Gasteiger partial charge in [0.15, 0.2) is 0 Å². The molecule has 0 fully saturated rings. The Bertz CT molecular complexity index is 246. The smallest absolute Gasteiger partial charge is 0.207 e. The van der Waals surface area contributed by atoms with Crippen molar-refractivity contribution in [3.63, 3.8) is 0 Å². The van der Waals surface area contributed by atoms with Crippen molar-refractivity contribution in [2.45, 2.75) is 6.18 Å². The van der Waals surface area contributed by atoms with Crippen molar-refractivity contribution >= 4 is 24.2 Å². The maximum atomic E-state index is 12.2. The van der Waals surface area contributed by atoms with Gasteiger partial charge < -0.3 is 0 Å². The van der Waals surface area contributed by atoms with E-state index < -0.39 is 36.2 Å². The van der Waals surface area contributed by atoms with E-state index in [-0.39, 0.29) is 0 Å². The van der Waals surface area contributed by atoms with Crippen LogP contribution in [0.4, 0.5) is 17.6 Å². The number of hydrogen-bond acceptors (Lipinski definition) is 0. The number of hydrogen-bond donors (Lipinski definition) is 0. The van der Waals surface area contributed by atoms with E-state index in [1.54, 1.807) is 0 Å². The van der Waals surface area contributed by atoms with Crippen LogP contribution >= 0.6 is 20.7 Å². The van der Waals surface area contributed by atoms with E-state index in [0.29, 0.717) is 6.08 Å². The van der Waals surface area contributed by atoms with Crippen molar-refractivity contribution in [1.82, 2.24) is 0 Å². The van der Waals surface area contributed by atoms with Crippen LogP contribution in [0.3, 0.4) is 0 Å². The first-order valence-corrected chi connectivity index (χ1v) is 4.94. The molecule has 0 bridgehead atoms. The Morgan fingerprint density at radius 3 is 2.27 bits per heavy atom. The van der Waals surface area contributed by atoms with Gasteiger partial charge in [-0.25, -0.2) is 4.39 Å². The van der Waals surface area contributed by atoms with Crippen molar-refractivity contribution in [3.8, 4) is 0 Å². The fourth-order valence-electron chi connectivity index (χ4n) is 0.504. The lowest BCUT2D eigenvalue weighted by Crippen LogP contribution is -2.19. The van der Waals surface area contributed by atoms with Gasteiger partial charge in [0.25, 0.3) is 0 Å². The van der Waals surface area contributed by atoms with Gasteiger partial charge in [-0.2, -0.15) is 13.2 Å². The monoisotopic (exact) mass is 278 g/mol. The average molecular weight is 278 g/mol. The van der Waals surface area contributed by atoms with Crippen LogP contribution < -0.4 is 0 Å². The van der Waals surface area contributed by atoms with Crippen molar-refractivity contribution in [3.05, 3.63) is 22.1 Å². The summed E-state index contributed by atoms with van der Waals surface area (Å²) in [4.78, 5) is 0. The van der Waals surface area contributed by atoms with Crippen molar-refractivity contribution in [2.75, 3.05) is 0 Å². The molecule has 0 radical (unpaired) electrons. The van der Waals surface area contributed by atoms with Gasteiger partial charge in [0.2, 0.25) is 0 Å². The van der Waals surface area contributed by atoms with Crippen molar-refractivity contribution in [2.24, 2.45) is 0 Å². The first-order valence-electron chi connectivity index (χ1n) is 2.61. The van der Waals surface area contributed by atoms with Gasteiger partial charge >= 0.3 is 6.18 Å². The van der Waals surface area contributed by atoms with Crippen LogP contribution in [0.1, 0.15) is 0 Å². The maximum absolute atomic E-state index is 12.2. The summed E-state index contributed by atoms with van der Waals surface area (Å²) >= 11 is -1.17. The Balaban J connectivity index is 2.93. The predicted molar refractivity (Wildman–Crippen MR) is 43.4 cm³/mol. The normalized spacial score (nSPS) is 18.5. The zero-order chi connectivity index (χ0) is 8.48. The van der Waals surface area contributed by atoms with Gasteiger partial charge in [0, 0.05) is 0 Å². The molecule has 62 valence electrons. The van der Waals surface area contributed by atoms with E-state index in [1.165, 1.54) is 4.08 Å². The molecule has 0 atom stereocenters. The predicted octanol–water partition coefficient (Wildman–Crippen LogP) is 3.07. The maximum Gasteiger partial charge on any atom is 0.421 e. The van der Waals surface area contributed by atoms with Gasteiger partial charge in [-0.3, -0.25) is 0 Å². The highest BCUT2D eigenvalue weighted by Crippen LogP contribution is 2.27. The minimum Gasteiger partial charge on any atom is -0.207 e. The van der Waals surface area contributed by atoms with E-state index in [0.717, 1.165) is 6.08 Å². The van der Waals surface area contributed by atoms with Gasteiger partial charge in [-0.1, -0.05) is 20.7 Å². The summed E-state index contributed by atoms with van der Waals surface area (Å²) in [6.07, 6.45) is -2.72. The van der Waals surface area contributed by atoms with Crippen molar-refractivity contribution < 1.29 is 17.6 Å². The van der Waals surface area contributed by atoms with Gasteiger partial charge in [0.05, 0.1) is 3.51 Å². The van der Waals surface area contributed by atoms with Crippen LogP contribution in [0.25, 0.3) is 0 Å². The Kier molecular flexibility index (Phi) is 2.46. The highest BCUT2D eigenvalue weighted by molar-refractivity contribution is 14.2. The minimum atomic E-state index is -4.35. The summed E-state index contributed by atoms with van der Waals surface area (Å²) in [7, 11) is 0. The van der Waals surface area contributed by atoms with E-state index in [9.17, 15) is 17.6 Å². The summed E-state index contributed by atoms with van der Waals surface area (Å²) in [6.45, 7) is 0. The molecule has 0 nitrogen and oxygen atoms in total. The molecule has 1 aliphatic heterocycles. The molecule has 0 saturated carbocycles. The molecule has 11 heavy (non-hydrogen) atoms. The van der Waals surface area contributed by atoms with E-state index in [2.05, 4.69) is 0 Å². The molecular formula is C6H3F4I. The fourth-order valence-corrected chi connectivity index (χ4v) is 2.24. The third kappa shape index (κ3) is 2.39. The summed E-state index contributed by atoms with van der Waals surface area (Å²) in [5, 5.41) is 0. The summed E-state index contributed by atoms with van der Waals surface area (Å²) in [5.74, 6) is -0.816. The standard InChI is InChI=1S/C6H3F4I/c7-4-1-2-11-5(3-4)6(8,9)10/h1-3H. The zero-order valence-corrected chi connectivity index (χ0v) is 7.28. The first kappa shape index (κ1) is 8.89. The zero-order valence-electron chi connectivity index (χ0n) is 5.12. The van der Waals surface area contributed by atoms with Crippen molar-refractivity contribution in [1.29, 1.82) is 0 Å². The third-order valence-electron chi connectivity index (χ3n) is 0.938. The molecule has 0 aromatic rings. The highest BCUT2D eigenvalue weighted by Gasteiger charge is 2.33. The van der Waals surface area contributed by atoms with Gasteiger partial charge in [-0.05, 0) is 16.2 Å². The lowest BCUT2D eigenvalue weighted by molar-refractivity contribution is -0.0549. The molecule has 0 N–H and O–H groups in total. The van der Waals surface area contributed by atoms with Crippen LogP contribution in [-0.4, -0.2) is 9.69 Å². The van der Waals surface area contributed by atoms with Crippen LogP contribution in [-0.2, 0) is 0 Å². The SMILES string of the molecule is FC1=CC(C(F)(F)F)=IC=C1. The molecule has 0 saturated heterocycles. The molecule has 1 heterocycles. The second-order valence-electron chi connectivity index (χ2n) is 1.78. The number of alkyl halides is 3. The summed E-state index contributed by atoms with van der Waals surface area (Å²) in [6, 6.07) is 0. The Labute approximate surface area is 70.3 Å². The molecule has 0 aromatic heterocycles. The largest absolute Gasteiger partial charge is 0.421 e. The molecule has 0 amide bonds. The lowest BCUT2D eigenvalue weighted by Gasteiger charge is -2.07. The lowest BCUT2D eigenvalue weighted by atomic mass is 10.3. The van der Waals surface area contributed by atoms with Crippen LogP contribution in [0, 0.1) is 0 Å². The van der Waals surface area contributed by atoms with E-state index >= 15 is 0 Å². The molecule has 0 unspecified atom stereocenters. The Morgan fingerprint density at radius 2 is 1.91 bits per heavy atom. The second-order valence-corrected chi connectivity index (χ2v) is 4.28. The molecule has 0 aliphatic carbocycles. The summed E-state index contributed by atoms with van der Waals surface area (Å²) in [5.41, 5.74) is 0. The van der Waals surface area contributed by atoms with Gasteiger partial charge in [-0.15, -0.1) is 0 Å². The first-order chi connectivity index (χ1) is 5.00. The Hall–Kier alpha value is -0.200.